The summed E-state index contributed by atoms with van der Waals surface area (Å²) in [5.74, 6) is -0.387. The number of amides is 1. The Balaban J connectivity index is 2.04. The summed E-state index contributed by atoms with van der Waals surface area (Å²) in [4.78, 5) is 30.2. The number of hydrogen-bond donors (Lipinski definition) is 1. The Labute approximate surface area is 188 Å². The molecule has 1 N–H and O–H groups in total. The maximum atomic E-state index is 13.3. The molecule has 3 aromatic rings. The highest BCUT2D eigenvalue weighted by Crippen LogP contribution is 2.25. The molecule has 0 fully saturated rings. The zero-order valence-corrected chi connectivity index (χ0v) is 19.9. The quantitative estimate of drug-likeness (QED) is 0.586. The number of nitrogens with zero attached hydrogens (tertiary/aromatic N) is 2. The number of H-pyrrole nitrogens is 1. The fraction of sp³-hybridized carbons (Fsp3) is 0.333. The zero-order chi connectivity index (χ0) is 23.6. The average Bonchev–Trinajstić information content (AvgIpc) is 2.78. The number of anilines is 1. The molecule has 3 rings (SSSR count). The second-order valence-corrected chi connectivity index (χ2v) is 10.0. The summed E-state index contributed by atoms with van der Waals surface area (Å²) >= 11 is 0. The molecule has 0 aliphatic rings. The number of rotatable bonds is 7. The van der Waals surface area contributed by atoms with Gasteiger partial charge in [-0.1, -0.05) is 19.4 Å². The molecule has 0 radical (unpaired) electrons. The van der Waals surface area contributed by atoms with E-state index in [2.05, 4.69) is 4.98 Å². The molecule has 1 heterocycles. The van der Waals surface area contributed by atoms with Gasteiger partial charge in [0.15, 0.2) is 0 Å². The highest BCUT2D eigenvalue weighted by molar-refractivity contribution is 7.92. The van der Waals surface area contributed by atoms with Gasteiger partial charge in [0.05, 0.1) is 10.6 Å². The summed E-state index contributed by atoms with van der Waals surface area (Å²) < 4.78 is 27.7. The van der Waals surface area contributed by atoms with Crippen LogP contribution in [-0.4, -0.2) is 44.8 Å². The molecule has 0 saturated carbocycles. The van der Waals surface area contributed by atoms with Gasteiger partial charge >= 0.3 is 0 Å². The normalized spacial score (nSPS) is 11.5. The number of carbonyl (C=O) groups excluding carboxylic acids is 1. The SMILES string of the molecule is CCCCN(C)C(=O)c1c[nH]c2ccc(S(=O)(=O)N(C)c3ccc(C)c(C)c3)cc2c1=O. The van der Waals surface area contributed by atoms with E-state index in [0.717, 1.165) is 24.0 Å². The van der Waals surface area contributed by atoms with Gasteiger partial charge in [-0.05, 0) is 61.7 Å². The van der Waals surface area contributed by atoms with Crippen LogP contribution in [0.5, 0.6) is 0 Å². The van der Waals surface area contributed by atoms with Gasteiger partial charge in [-0.3, -0.25) is 13.9 Å². The highest BCUT2D eigenvalue weighted by Gasteiger charge is 2.23. The summed E-state index contributed by atoms with van der Waals surface area (Å²) in [6.07, 6.45) is 3.16. The van der Waals surface area contributed by atoms with Crippen molar-refractivity contribution in [1.29, 1.82) is 0 Å². The molecule has 8 heteroatoms. The number of unbranched alkanes of at least 4 members (excludes halogenated alkanes) is 1. The Morgan fingerprint density at radius 3 is 2.41 bits per heavy atom. The molecule has 0 atom stereocenters. The second kappa shape index (κ2) is 9.16. The van der Waals surface area contributed by atoms with Gasteiger partial charge in [-0.15, -0.1) is 0 Å². The minimum absolute atomic E-state index is 0.00633. The highest BCUT2D eigenvalue weighted by atomic mass is 32.2. The average molecular weight is 456 g/mol. The van der Waals surface area contributed by atoms with Crippen molar-refractivity contribution >= 4 is 32.5 Å². The van der Waals surface area contributed by atoms with Crippen molar-refractivity contribution in [3.05, 3.63) is 69.5 Å². The van der Waals surface area contributed by atoms with Gasteiger partial charge < -0.3 is 9.88 Å². The summed E-state index contributed by atoms with van der Waals surface area (Å²) in [7, 11) is -0.770. The molecule has 2 aromatic carbocycles. The molecule has 0 unspecified atom stereocenters. The molecule has 1 amide bonds. The summed E-state index contributed by atoms with van der Waals surface area (Å²) in [6, 6.07) is 9.77. The number of aromatic nitrogens is 1. The van der Waals surface area contributed by atoms with E-state index in [9.17, 15) is 18.0 Å². The number of pyridine rings is 1. The molecule has 0 aliphatic carbocycles. The smallest absolute Gasteiger partial charge is 0.264 e. The van der Waals surface area contributed by atoms with E-state index in [1.165, 1.54) is 34.6 Å². The van der Waals surface area contributed by atoms with Crippen LogP contribution < -0.4 is 9.73 Å². The minimum Gasteiger partial charge on any atom is -0.360 e. The molecule has 7 nitrogen and oxygen atoms in total. The number of fused-ring (bicyclic) bond motifs is 1. The number of nitrogens with one attached hydrogen (secondary N) is 1. The lowest BCUT2D eigenvalue weighted by molar-refractivity contribution is 0.0792. The number of hydrogen-bond acceptors (Lipinski definition) is 4. The van der Waals surface area contributed by atoms with Gasteiger partial charge in [0, 0.05) is 37.7 Å². The fourth-order valence-corrected chi connectivity index (χ4v) is 4.65. The number of aromatic amines is 1. The van der Waals surface area contributed by atoms with Crippen LogP contribution in [-0.2, 0) is 10.0 Å². The van der Waals surface area contributed by atoms with Crippen LogP contribution in [0.3, 0.4) is 0 Å². The zero-order valence-electron chi connectivity index (χ0n) is 19.1. The molecular weight excluding hydrogens is 426 g/mol. The van der Waals surface area contributed by atoms with Crippen LogP contribution in [0.15, 0.2) is 52.3 Å². The first-order valence-corrected chi connectivity index (χ1v) is 12.0. The molecule has 0 saturated heterocycles. The monoisotopic (exact) mass is 455 g/mol. The van der Waals surface area contributed by atoms with Crippen molar-refractivity contribution < 1.29 is 13.2 Å². The molecular formula is C24H29N3O4S. The van der Waals surface area contributed by atoms with E-state index in [-0.39, 0.29) is 21.8 Å². The Morgan fingerprint density at radius 2 is 1.75 bits per heavy atom. The predicted molar refractivity (Wildman–Crippen MR) is 128 cm³/mol. The van der Waals surface area contributed by atoms with Crippen molar-refractivity contribution in [3.63, 3.8) is 0 Å². The Bertz CT molecular complexity index is 1330. The summed E-state index contributed by atoms with van der Waals surface area (Å²) in [5.41, 5.74) is 2.55. The molecule has 0 aliphatic heterocycles. The molecule has 170 valence electrons. The molecule has 0 spiro atoms. The lowest BCUT2D eigenvalue weighted by atomic mass is 10.1. The van der Waals surface area contributed by atoms with E-state index in [0.29, 0.717) is 17.7 Å². The number of aryl methyl sites for hydroxylation is 2. The first-order valence-electron chi connectivity index (χ1n) is 10.5. The van der Waals surface area contributed by atoms with Crippen LogP contribution in [0.25, 0.3) is 10.9 Å². The Kier molecular flexibility index (Phi) is 6.74. The van der Waals surface area contributed by atoms with E-state index < -0.39 is 15.5 Å². The maximum Gasteiger partial charge on any atom is 0.264 e. The van der Waals surface area contributed by atoms with E-state index in [4.69, 9.17) is 0 Å². The van der Waals surface area contributed by atoms with Gasteiger partial charge in [-0.2, -0.15) is 0 Å². The van der Waals surface area contributed by atoms with Crippen LogP contribution in [0.4, 0.5) is 5.69 Å². The number of benzene rings is 2. The predicted octanol–water partition coefficient (Wildman–Crippen LogP) is 3.84. The molecule has 32 heavy (non-hydrogen) atoms. The van der Waals surface area contributed by atoms with Crippen molar-refractivity contribution in [2.75, 3.05) is 24.9 Å². The largest absolute Gasteiger partial charge is 0.360 e. The fourth-order valence-electron chi connectivity index (χ4n) is 3.44. The lowest BCUT2D eigenvalue weighted by Gasteiger charge is -2.21. The molecule has 0 bridgehead atoms. The van der Waals surface area contributed by atoms with Crippen LogP contribution >= 0.6 is 0 Å². The van der Waals surface area contributed by atoms with E-state index >= 15 is 0 Å². The van der Waals surface area contributed by atoms with E-state index in [1.54, 1.807) is 19.2 Å². The van der Waals surface area contributed by atoms with Gasteiger partial charge in [-0.25, -0.2) is 8.42 Å². The van der Waals surface area contributed by atoms with Gasteiger partial charge in [0.1, 0.15) is 5.56 Å². The molecule has 1 aromatic heterocycles. The Hall–Kier alpha value is -3.13. The lowest BCUT2D eigenvalue weighted by Crippen LogP contribution is -2.32. The van der Waals surface area contributed by atoms with Crippen molar-refractivity contribution in [3.8, 4) is 0 Å². The standard InChI is InChI=1S/C24H29N3O4S/c1-6-7-12-26(4)24(29)21-15-25-22-11-10-19(14-20(22)23(21)28)32(30,31)27(5)18-9-8-16(2)17(3)13-18/h8-11,13-15H,6-7,12H2,1-5H3,(H,25,28). The topological polar surface area (TPSA) is 90.6 Å². The van der Waals surface area contributed by atoms with Crippen molar-refractivity contribution in [1.82, 2.24) is 9.88 Å². The third-order valence-corrected chi connectivity index (χ3v) is 7.57. The summed E-state index contributed by atoms with van der Waals surface area (Å²) in [5, 5.41) is 0.161. The Morgan fingerprint density at radius 1 is 1.03 bits per heavy atom. The van der Waals surface area contributed by atoms with Crippen LogP contribution in [0.1, 0.15) is 41.3 Å². The second-order valence-electron chi connectivity index (χ2n) is 8.06. The first-order chi connectivity index (χ1) is 15.1. The first kappa shape index (κ1) is 23.5. The maximum absolute atomic E-state index is 13.3. The van der Waals surface area contributed by atoms with Gasteiger partial charge in [0.25, 0.3) is 15.9 Å². The number of carbonyl (C=O) groups is 1. The third kappa shape index (κ3) is 4.41. The van der Waals surface area contributed by atoms with Gasteiger partial charge in [0.2, 0.25) is 5.43 Å². The van der Waals surface area contributed by atoms with Crippen molar-refractivity contribution in [2.24, 2.45) is 0 Å². The third-order valence-electron chi connectivity index (χ3n) is 5.79. The number of sulfonamides is 1. The van der Waals surface area contributed by atoms with Crippen LogP contribution in [0.2, 0.25) is 0 Å². The van der Waals surface area contributed by atoms with E-state index in [1.807, 2.05) is 32.9 Å². The van der Waals surface area contributed by atoms with Crippen LogP contribution in [0, 0.1) is 13.8 Å². The minimum atomic E-state index is -3.91. The summed E-state index contributed by atoms with van der Waals surface area (Å²) in [6.45, 7) is 6.45. The van der Waals surface area contributed by atoms with Crippen molar-refractivity contribution in [2.45, 2.75) is 38.5 Å².